The van der Waals surface area contributed by atoms with Crippen molar-refractivity contribution in [1.29, 1.82) is 0 Å². The number of cyclic esters (lactones) is 1. The summed E-state index contributed by atoms with van der Waals surface area (Å²) >= 11 is 0. The Kier molecular flexibility index (Phi) is 2.90. The highest BCUT2D eigenvalue weighted by atomic mass is 16.7. The first kappa shape index (κ1) is 10.4. The predicted octanol–water partition coefficient (Wildman–Crippen LogP) is 0.287. The van der Waals surface area contributed by atoms with Gasteiger partial charge < -0.3 is 9.47 Å². The number of likely N-dealkylation sites (tertiary alicyclic amines) is 1. The second-order valence-electron chi connectivity index (χ2n) is 3.98. The first-order chi connectivity index (χ1) is 7.16. The van der Waals surface area contributed by atoms with E-state index in [2.05, 4.69) is 4.90 Å². The Balaban J connectivity index is 2.00. The number of nitrogens with zero attached hydrogens (tertiary/aromatic N) is 1. The van der Waals surface area contributed by atoms with Gasteiger partial charge in [0, 0.05) is 6.92 Å². The van der Waals surface area contributed by atoms with Crippen molar-refractivity contribution in [2.75, 3.05) is 13.1 Å². The normalized spacial score (nSPS) is 31.7. The Morgan fingerprint density at radius 2 is 2.13 bits per heavy atom. The lowest BCUT2D eigenvalue weighted by Gasteiger charge is -2.25. The Morgan fingerprint density at radius 3 is 2.73 bits per heavy atom. The Labute approximate surface area is 88.3 Å². The minimum Gasteiger partial charge on any atom is -0.424 e. The minimum absolute atomic E-state index is 0.0797. The van der Waals surface area contributed by atoms with E-state index in [1.807, 2.05) is 0 Å². The molecule has 2 saturated heterocycles. The lowest BCUT2D eigenvalue weighted by molar-refractivity contribution is -0.180. The van der Waals surface area contributed by atoms with Crippen LogP contribution in [0.25, 0.3) is 0 Å². The van der Waals surface area contributed by atoms with E-state index in [0.29, 0.717) is 6.42 Å². The second kappa shape index (κ2) is 4.18. The van der Waals surface area contributed by atoms with Crippen LogP contribution < -0.4 is 0 Å². The van der Waals surface area contributed by atoms with Gasteiger partial charge in [-0.15, -0.1) is 0 Å². The molecule has 15 heavy (non-hydrogen) atoms. The average molecular weight is 213 g/mol. The minimum atomic E-state index is -0.701. The second-order valence-corrected chi connectivity index (χ2v) is 3.98. The molecular formula is C10H15NO4. The van der Waals surface area contributed by atoms with Crippen molar-refractivity contribution in [3.05, 3.63) is 0 Å². The van der Waals surface area contributed by atoms with Crippen LogP contribution >= 0.6 is 0 Å². The predicted molar refractivity (Wildman–Crippen MR) is 50.9 cm³/mol. The molecule has 2 rings (SSSR count). The molecule has 2 heterocycles. The molecule has 2 atom stereocenters. The quantitative estimate of drug-likeness (QED) is 0.617. The molecule has 0 radical (unpaired) electrons. The molecule has 0 bridgehead atoms. The van der Waals surface area contributed by atoms with E-state index < -0.39 is 12.3 Å². The fourth-order valence-electron chi connectivity index (χ4n) is 2.16. The molecule has 0 unspecified atom stereocenters. The SMILES string of the molecule is CC(=O)O[C@H]1OC(=O)C[C@@H]1N1CCCC1. The summed E-state index contributed by atoms with van der Waals surface area (Å²) in [4.78, 5) is 24.2. The molecule has 2 aliphatic rings. The van der Waals surface area contributed by atoms with Crippen molar-refractivity contribution in [3.63, 3.8) is 0 Å². The van der Waals surface area contributed by atoms with Gasteiger partial charge >= 0.3 is 11.9 Å². The third kappa shape index (κ3) is 2.28. The van der Waals surface area contributed by atoms with Crippen LogP contribution in [-0.4, -0.2) is 42.3 Å². The molecule has 0 aromatic carbocycles. The fraction of sp³-hybridized carbons (Fsp3) is 0.800. The molecule has 2 fully saturated rings. The van der Waals surface area contributed by atoms with Gasteiger partial charge in [0.05, 0.1) is 12.5 Å². The molecule has 0 amide bonds. The van der Waals surface area contributed by atoms with E-state index >= 15 is 0 Å². The molecule has 0 aliphatic carbocycles. The average Bonchev–Trinajstić information content (AvgIpc) is 2.72. The van der Waals surface area contributed by atoms with Gasteiger partial charge in [0.2, 0.25) is 0 Å². The van der Waals surface area contributed by atoms with Crippen molar-refractivity contribution in [3.8, 4) is 0 Å². The fourth-order valence-corrected chi connectivity index (χ4v) is 2.16. The number of ether oxygens (including phenoxy) is 2. The molecule has 5 nitrogen and oxygen atoms in total. The summed E-state index contributed by atoms with van der Waals surface area (Å²) in [5, 5.41) is 0. The molecule has 0 spiro atoms. The summed E-state index contributed by atoms with van der Waals surface area (Å²) in [6.45, 7) is 3.24. The summed E-state index contributed by atoms with van der Waals surface area (Å²) < 4.78 is 9.96. The smallest absolute Gasteiger partial charge is 0.310 e. The van der Waals surface area contributed by atoms with Crippen LogP contribution in [0.1, 0.15) is 26.2 Å². The van der Waals surface area contributed by atoms with Gasteiger partial charge in [-0.1, -0.05) is 0 Å². The van der Waals surface area contributed by atoms with Crippen molar-refractivity contribution in [1.82, 2.24) is 4.90 Å². The Morgan fingerprint density at radius 1 is 1.47 bits per heavy atom. The number of carbonyl (C=O) groups excluding carboxylic acids is 2. The molecule has 84 valence electrons. The number of rotatable bonds is 2. The van der Waals surface area contributed by atoms with E-state index in [-0.39, 0.29) is 12.0 Å². The van der Waals surface area contributed by atoms with Crippen LogP contribution in [0.3, 0.4) is 0 Å². The van der Waals surface area contributed by atoms with Crippen LogP contribution in [0.2, 0.25) is 0 Å². The van der Waals surface area contributed by atoms with E-state index in [9.17, 15) is 9.59 Å². The van der Waals surface area contributed by atoms with Crippen LogP contribution in [0.5, 0.6) is 0 Å². The largest absolute Gasteiger partial charge is 0.424 e. The monoisotopic (exact) mass is 213 g/mol. The zero-order valence-corrected chi connectivity index (χ0v) is 8.77. The topological polar surface area (TPSA) is 55.8 Å². The lowest BCUT2D eigenvalue weighted by Crippen LogP contribution is -2.40. The summed E-state index contributed by atoms with van der Waals surface area (Å²) in [6, 6.07) is -0.0797. The van der Waals surface area contributed by atoms with Crippen molar-refractivity contribution < 1.29 is 19.1 Å². The highest BCUT2D eigenvalue weighted by molar-refractivity contribution is 5.73. The van der Waals surface area contributed by atoms with Crippen LogP contribution in [0.4, 0.5) is 0 Å². The number of esters is 2. The van der Waals surface area contributed by atoms with Crippen LogP contribution in [0.15, 0.2) is 0 Å². The van der Waals surface area contributed by atoms with Crippen LogP contribution in [0, 0.1) is 0 Å². The number of hydrogen-bond donors (Lipinski definition) is 0. The summed E-state index contributed by atoms with van der Waals surface area (Å²) in [5.41, 5.74) is 0. The first-order valence-corrected chi connectivity index (χ1v) is 5.27. The van der Waals surface area contributed by atoms with E-state index in [0.717, 1.165) is 25.9 Å². The third-order valence-corrected chi connectivity index (χ3v) is 2.83. The maximum atomic E-state index is 11.2. The van der Waals surface area contributed by atoms with Gasteiger partial charge in [0.25, 0.3) is 6.29 Å². The lowest BCUT2D eigenvalue weighted by atomic mass is 10.2. The molecule has 0 N–H and O–H groups in total. The van der Waals surface area contributed by atoms with E-state index in [4.69, 9.17) is 9.47 Å². The van der Waals surface area contributed by atoms with Gasteiger partial charge in [-0.3, -0.25) is 14.5 Å². The summed E-state index contributed by atoms with van der Waals surface area (Å²) in [6.07, 6.45) is 1.90. The summed E-state index contributed by atoms with van der Waals surface area (Å²) in [5.74, 6) is -0.683. The summed E-state index contributed by atoms with van der Waals surface area (Å²) in [7, 11) is 0. The van der Waals surface area contributed by atoms with Crippen LogP contribution in [-0.2, 0) is 19.1 Å². The maximum absolute atomic E-state index is 11.2. The third-order valence-electron chi connectivity index (χ3n) is 2.83. The van der Waals surface area contributed by atoms with Crippen molar-refractivity contribution in [2.45, 2.75) is 38.5 Å². The highest BCUT2D eigenvalue weighted by Crippen LogP contribution is 2.25. The molecule has 0 saturated carbocycles. The molecular weight excluding hydrogens is 198 g/mol. The molecule has 5 heteroatoms. The number of carbonyl (C=O) groups is 2. The van der Waals surface area contributed by atoms with Crippen molar-refractivity contribution >= 4 is 11.9 Å². The molecule has 0 aromatic rings. The van der Waals surface area contributed by atoms with E-state index in [1.54, 1.807) is 0 Å². The Bertz CT molecular complexity index is 273. The number of hydrogen-bond acceptors (Lipinski definition) is 5. The zero-order valence-electron chi connectivity index (χ0n) is 8.77. The van der Waals surface area contributed by atoms with Crippen molar-refractivity contribution in [2.24, 2.45) is 0 Å². The molecule has 2 aliphatic heterocycles. The van der Waals surface area contributed by atoms with Gasteiger partial charge in [0.1, 0.15) is 0 Å². The van der Waals surface area contributed by atoms with Gasteiger partial charge in [-0.25, -0.2) is 0 Å². The zero-order chi connectivity index (χ0) is 10.8. The Hall–Kier alpha value is -1.10. The van der Waals surface area contributed by atoms with Gasteiger partial charge in [0.15, 0.2) is 0 Å². The van der Waals surface area contributed by atoms with Gasteiger partial charge in [-0.05, 0) is 25.9 Å². The highest BCUT2D eigenvalue weighted by Gasteiger charge is 2.41. The van der Waals surface area contributed by atoms with Gasteiger partial charge in [-0.2, -0.15) is 0 Å². The standard InChI is InChI=1S/C10H15NO4/c1-7(12)14-10-8(6-9(13)15-10)11-4-2-3-5-11/h8,10H,2-6H2,1H3/t8-,10-/m0/s1. The van der Waals surface area contributed by atoms with E-state index in [1.165, 1.54) is 6.92 Å². The first-order valence-electron chi connectivity index (χ1n) is 5.27. The maximum Gasteiger partial charge on any atom is 0.310 e. The molecule has 0 aromatic heterocycles.